The first-order valence-electron chi connectivity index (χ1n) is 10.3. The van der Waals surface area contributed by atoms with Gasteiger partial charge < -0.3 is 14.4 Å². The van der Waals surface area contributed by atoms with Gasteiger partial charge in [0.05, 0.1) is 16.3 Å². The Morgan fingerprint density at radius 1 is 0.973 bits per heavy atom. The molecule has 3 aromatic carbocycles. The molecule has 0 unspecified atom stereocenters. The molecule has 0 aliphatic carbocycles. The van der Waals surface area contributed by atoms with E-state index < -0.39 is 33.4 Å². The van der Waals surface area contributed by atoms with Crippen LogP contribution in [-0.4, -0.2) is 35.5 Å². The van der Waals surface area contributed by atoms with Gasteiger partial charge in [-0.3, -0.25) is 0 Å². The van der Waals surface area contributed by atoms with Crippen molar-refractivity contribution in [2.45, 2.75) is 19.0 Å². The molecule has 0 spiro atoms. The first kappa shape index (κ1) is 27.5. The largest absolute Gasteiger partial charge is 0.741 e. The summed E-state index contributed by atoms with van der Waals surface area (Å²) in [5.74, 6) is -1.71. The molecule has 1 aromatic heterocycles. The van der Waals surface area contributed by atoms with E-state index in [0.29, 0.717) is 32.9 Å². The molecule has 194 valence electrons. The number of para-hydroxylation sites is 2. The number of carboxylic acids is 1. The summed E-state index contributed by atoms with van der Waals surface area (Å²) in [5.41, 5.74) is -3.59. The van der Waals surface area contributed by atoms with Crippen molar-refractivity contribution in [2.24, 2.45) is 0 Å². The predicted octanol–water partition coefficient (Wildman–Crippen LogP) is 4.08. The summed E-state index contributed by atoms with van der Waals surface area (Å²) >= 11 is 0. The van der Waals surface area contributed by atoms with Crippen LogP contribution in [0.15, 0.2) is 66.7 Å². The highest BCUT2D eigenvalue weighted by Gasteiger charge is 2.37. The minimum atomic E-state index is -6.09. The fourth-order valence-electron chi connectivity index (χ4n) is 3.52. The number of ether oxygens (including phenoxy) is 1. The minimum absolute atomic E-state index is 0.243. The van der Waals surface area contributed by atoms with Crippen LogP contribution in [0.25, 0.3) is 21.8 Å². The molecule has 4 rings (SSSR count). The quantitative estimate of drug-likeness (QED) is 0.0788. The van der Waals surface area contributed by atoms with Crippen LogP contribution in [-0.2, 0) is 21.5 Å². The van der Waals surface area contributed by atoms with Crippen LogP contribution >= 0.6 is 0 Å². The zero-order valence-electron chi connectivity index (χ0n) is 18.8. The second kappa shape index (κ2) is 10.5. The predicted molar refractivity (Wildman–Crippen MR) is 121 cm³/mol. The molecule has 1 N–H and O–H groups in total. The molecule has 1 heterocycles. The maximum atomic E-state index is 13.4. The summed E-state index contributed by atoms with van der Waals surface area (Å²) in [4.78, 5) is 24.6. The van der Waals surface area contributed by atoms with Crippen LogP contribution in [0.1, 0.15) is 15.9 Å². The Balaban J connectivity index is 0.000000414. The van der Waals surface area contributed by atoms with Crippen LogP contribution in [0.3, 0.4) is 0 Å². The molecule has 8 nitrogen and oxygen atoms in total. The number of fused-ring (bicyclic) bond motifs is 2. The van der Waals surface area contributed by atoms with E-state index in [1.807, 2.05) is 0 Å². The zero-order valence-corrected chi connectivity index (χ0v) is 19.6. The molecule has 4 aromatic rings. The lowest BCUT2D eigenvalue weighted by molar-refractivity contribution is -0.633. The lowest BCUT2D eigenvalue weighted by Gasteiger charge is -2.12. The van der Waals surface area contributed by atoms with E-state index in [1.165, 1.54) is 18.2 Å². The second-order valence-electron chi connectivity index (χ2n) is 7.59. The lowest BCUT2D eigenvalue weighted by Crippen LogP contribution is -2.40. The number of halogens is 4. The van der Waals surface area contributed by atoms with Gasteiger partial charge in [0.1, 0.15) is 11.6 Å². The molecule has 0 atom stereocenters. The molecule has 37 heavy (non-hydrogen) atoms. The van der Waals surface area contributed by atoms with Gasteiger partial charge in [-0.05, 0) is 42.8 Å². The number of hydrogen-bond donors (Lipinski definition) is 1. The van der Waals surface area contributed by atoms with Crippen LogP contribution in [0.4, 0.5) is 17.6 Å². The van der Waals surface area contributed by atoms with Crippen molar-refractivity contribution >= 4 is 43.9 Å². The van der Waals surface area contributed by atoms with E-state index in [0.717, 1.165) is 0 Å². The normalized spacial score (nSPS) is 11.6. The number of rotatable bonds is 4. The Kier molecular flexibility index (Phi) is 7.79. The summed E-state index contributed by atoms with van der Waals surface area (Å²) in [6, 6.07) is 18.1. The van der Waals surface area contributed by atoms with Crippen LogP contribution < -0.4 is 9.30 Å². The van der Waals surface area contributed by atoms with Crippen molar-refractivity contribution in [1.29, 1.82) is 0 Å². The highest BCUT2D eigenvalue weighted by atomic mass is 32.2. The van der Waals surface area contributed by atoms with E-state index in [4.69, 9.17) is 17.7 Å². The average Bonchev–Trinajstić information content (AvgIpc) is 2.79. The SMILES string of the molecule is Cc1cc(F)ccc1OC(=O)c1c2ccccc2[n+](CC(=O)O)c2ccccc12.O=S(=O)([O-])C(F)(F)F. The van der Waals surface area contributed by atoms with E-state index >= 15 is 0 Å². The number of nitrogens with zero attached hydrogens (tertiary/aromatic N) is 1. The Bertz CT molecular complexity index is 1560. The highest BCUT2D eigenvalue weighted by Crippen LogP contribution is 2.28. The number of benzene rings is 3. The van der Waals surface area contributed by atoms with Gasteiger partial charge in [-0.25, -0.2) is 22.4 Å². The van der Waals surface area contributed by atoms with Crippen molar-refractivity contribution < 1.29 is 54.5 Å². The summed E-state index contributed by atoms with van der Waals surface area (Å²) in [5, 5.41) is 10.5. The number of aliphatic carboxylic acids is 1. The Labute approximate surface area is 207 Å². The Morgan fingerprint density at radius 3 is 1.89 bits per heavy atom. The Morgan fingerprint density at radius 2 is 1.46 bits per heavy atom. The highest BCUT2D eigenvalue weighted by molar-refractivity contribution is 7.86. The molecule has 0 saturated heterocycles. The number of hydrogen-bond acceptors (Lipinski definition) is 6. The maximum absolute atomic E-state index is 13.4. The number of pyridine rings is 1. The monoisotopic (exact) mass is 539 g/mol. The second-order valence-corrected chi connectivity index (χ2v) is 8.96. The summed E-state index contributed by atoms with van der Waals surface area (Å²) in [6.45, 7) is 1.42. The van der Waals surface area contributed by atoms with Gasteiger partial charge in [-0.15, -0.1) is 0 Å². The third-order valence-corrected chi connectivity index (χ3v) is 5.62. The number of esters is 1. The molecule has 0 amide bonds. The molecular weight excluding hydrogens is 522 g/mol. The number of aromatic nitrogens is 1. The average molecular weight is 539 g/mol. The van der Waals surface area contributed by atoms with Gasteiger partial charge in [0.15, 0.2) is 10.1 Å². The standard InChI is InChI=1S/C23H16FNO4.CHF3O3S/c1-14-12-15(24)10-11-20(14)29-23(28)22-16-6-2-4-8-18(16)25(13-21(26)27)19-9-5-3-7-17(19)22;2-1(3,4)8(5,6)7/h2-12H,13H2,1H3;(H,5,6,7). The van der Waals surface area contributed by atoms with Gasteiger partial charge in [0, 0.05) is 12.1 Å². The third kappa shape index (κ3) is 6.19. The summed E-state index contributed by atoms with van der Waals surface area (Å²) in [6.07, 6.45) is 0. The number of carbonyl (C=O) groups is 2. The fourth-order valence-corrected chi connectivity index (χ4v) is 3.52. The van der Waals surface area contributed by atoms with Gasteiger partial charge in [-0.2, -0.15) is 17.7 Å². The number of alkyl halides is 3. The smallest absolute Gasteiger partial charge is 0.485 e. The van der Waals surface area contributed by atoms with E-state index in [2.05, 4.69) is 0 Å². The molecule has 0 aliphatic rings. The van der Waals surface area contributed by atoms with Gasteiger partial charge in [0.25, 0.3) is 0 Å². The lowest BCUT2D eigenvalue weighted by atomic mass is 10.0. The molecule has 0 aliphatic heterocycles. The molecule has 13 heteroatoms. The minimum Gasteiger partial charge on any atom is -0.741 e. The third-order valence-electron chi connectivity index (χ3n) is 5.05. The maximum Gasteiger partial charge on any atom is 0.485 e. The van der Waals surface area contributed by atoms with Crippen LogP contribution in [0, 0.1) is 12.7 Å². The zero-order chi connectivity index (χ0) is 27.5. The Hall–Kier alpha value is -4.10. The van der Waals surface area contributed by atoms with Gasteiger partial charge >= 0.3 is 17.4 Å². The number of aryl methyl sites for hydroxylation is 1. The molecule has 0 bridgehead atoms. The number of carboxylic acid groups (broad SMARTS) is 1. The van der Waals surface area contributed by atoms with Gasteiger partial charge in [0.2, 0.25) is 17.6 Å². The molecule has 0 saturated carbocycles. The summed E-state index contributed by atoms with van der Waals surface area (Å²) < 4.78 is 79.5. The molecular formula is C24H17F4NO7S. The van der Waals surface area contributed by atoms with Gasteiger partial charge in [-0.1, -0.05) is 24.3 Å². The van der Waals surface area contributed by atoms with Crippen molar-refractivity contribution in [2.75, 3.05) is 0 Å². The van der Waals surface area contributed by atoms with E-state index in [9.17, 15) is 32.3 Å². The summed E-state index contributed by atoms with van der Waals surface area (Å²) in [7, 11) is -6.09. The van der Waals surface area contributed by atoms with Crippen LogP contribution in [0.2, 0.25) is 0 Å². The number of carbonyl (C=O) groups excluding carboxylic acids is 1. The van der Waals surface area contributed by atoms with E-state index in [-0.39, 0.29) is 12.3 Å². The van der Waals surface area contributed by atoms with E-state index in [1.54, 1.807) is 60.0 Å². The molecule has 0 fully saturated rings. The first-order valence-corrected chi connectivity index (χ1v) is 11.7. The molecule has 0 radical (unpaired) electrons. The first-order chi connectivity index (χ1) is 17.2. The van der Waals surface area contributed by atoms with Crippen molar-refractivity contribution in [3.05, 3.63) is 83.7 Å². The van der Waals surface area contributed by atoms with Crippen molar-refractivity contribution in [3.63, 3.8) is 0 Å². The van der Waals surface area contributed by atoms with Crippen molar-refractivity contribution in [1.82, 2.24) is 0 Å². The van der Waals surface area contributed by atoms with Crippen molar-refractivity contribution in [3.8, 4) is 5.75 Å². The topological polar surface area (TPSA) is 125 Å². The van der Waals surface area contributed by atoms with Crippen LogP contribution in [0.5, 0.6) is 5.75 Å². The fraction of sp³-hybridized carbons (Fsp3) is 0.125.